The Morgan fingerprint density at radius 3 is 2.72 bits per heavy atom. The van der Waals surface area contributed by atoms with Crippen LogP contribution in [0.5, 0.6) is 5.75 Å². The lowest BCUT2D eigenvalue weighted by Crippen LogP contribution is -2.32. The molecule has 1 aromatic rings. The van der Waals surface area contributed by atoms with Gasteiger partial charge in [-0.3, -0.25) is 0 Å². The summed E-state index contributed by atoms with van der Waals surface area (Å²) in [5, 5.41) is 0. The molecule has 3 nitrogen and oxygen atoms in total. The zero-order valence-corrected chi connectivity index (χ0v) is 12.1. The van der Waals surface area contributed by atoms with Crippen molar-refractivity contribution < 1.29 is 4.74 Å². The number of rotatable bonds is 7. The van der Waals surface area contributed by atoms with Gasteiger partial charge in [-0.1, -0.05) is 17.7 Å². The van der Waals surface area contributed by atoms with Crippen LogP contribution in [-0.4, -0.2) is 38.2 Å². The monoisotopic (exact) mass is 250 g/mol. The topological polar surface area (TPSA) is 38.5 Å². The number of methoxy groups -OCH3 is 1. The highest BCUT2D eigenvalue weighted by Crippen LogP contribution is 2.20. The second-order valence-electron chi connectivity index (χ2n) is 4.97. The third-order valence-electron chi connectivity index (χ3n) is 3.51. The van der Waals surface area contributed by atoms with Gasteiger partial charge in [-0.2, -0.15) is 0 Å². The number of ether oxygens (including phenoxy) is 1. The van der Waals surface area contributed by atoms with E-state index in [0.29, 0.717) is 6.04 Å². The van der Waals surface area contributed by atoms with Gasteiger partial charge in [0.05, 0.1) is 7.11 Å². The summed E-state index contributed by atoms with van der Waals surface area (Å²) in [4.78, 5) is 2.36. The molecule has 0 amide bonds. The minimum Gasteiger partial charge on any atom is -0.496 e. The predicted molar refractivity (Wildman–Crippen MR) is 77.2 cm³/mol. The Labute approximate surface area is 111 Å². The van der Waals surface area contributed by atoms with Crippen LogP contribution in [0.1, 0.15) is 24.5 Å². The van der Waals surface area contributed by atoms with E-state index in [9.17, 15) is 0 Å². The van der Waals surface area contributed by atoms with Gasteiger partial charge in [0.1, 0.15) is 5.75 Å². The van der Waals surface area contributed by atoms with Crippen LogP contribution in [0.4, 0.5) is 0 Å². The average molecular weight is 250 g/mol. The Balaban J connectivity index is 2.59. The number of nitrogens with two attached hydrogens (primary N) is 1. The number of likely N-dealkylation sites (N-methyl/N-ethyl adjacent to an activating group) is 1. The van der Waals surface area contributed by atoms with Crippen molar-refractivity contribution in [3.8, 4) is 5.75 Å². The van der Waals surface area contributed by atoms with Crippen LogP contribution in [0.2, 0.25) is 0 Å². The van der Waals surface area contributed by atoms with Crippen LogP contribution < -0.4 is 10.5 Å². The van der Waals surface area contributed by atoms with E-state index in [4.69, 9.17) is 10.5 Å². The quantitative estimate of drug-likeness (QED) is 0.806. The Bertz CT molecular complexity index is 366. The smallest absolute Gasteiger partial charge is 0.122 e. The molecule has 0 saturated heterocycles. The number of benzene rings is 1. The first kappa shape index (κ1) is 15.0. The van der Waals surface area contributed by atoms with Crippen molar-refractivity contribution in [2.75, 3.05) is 27.2 Å². The summed E-state index contributed by atoms with van der Waals surface area (Å²) < 4.78 is 5.40. The molecule has 3 heteroatoms. The molecule has 1 atom stereocenters. The van der Waals surface area contributed by atoms with E-state index in [0.717, 1.165) is 31.7 Å². The summed E-state index contributed by atoms with van der Waals surface area (Å²) in [6.07, 6.45) is 2.05. The van der Waals surface area contributed by atoms with Crippen molar-refractivity contribution in [2.45, 2.75) is 32.7 Å². The van der Waals surface area contributed by atoms with Crippen molar-refractivity contribution in [3.05, 3.63) is 29.3 Å². The average Bonchev–Trinajstić information content (AvgIpc) is 2.36. The minimum atomic E-state index is 0.533. The lowest BCUT2D eigenvalue weighted by atomic mass is 10.1. The molecule has 0 bridgehead atoms. The molecular formula is C15H26N2O. The maximum absolute atomic E-state index is 5.59. The predicted octanol–water partition coefficient (Wildman–Crippen LogP) is 2.22. The highest BCUT2D eigenvalue weighted by Gasteiger charge is 2.10. The molecule has 0 spiro atoms. The van der Waals surface area contributed by atoms with Crippen LogP contribution in [0.25, 0.3) is 0 Å². The van der Waals surface area contributed by atoms with Crippen LogP contribution in [-0.2, 0) is 6.42 Å². The Morgan fingerprint density at radius 2 is 2.11 bits per heavy atom. The zero-order chi connectivity index (χ0) is 13.5. The molecule has 0 aromatic heterocycles. The Morgan fingerprint density at radius 1 is 1.39 bits per heavy atom. The van der Waals surface area contributed by atoms with E-state index in [1.807, 2.05) is 6.07 Å². The molecule has 0 aliphatic carbocycles. The first-order chi connectivity index (χ1) is 8.58. The van der Waals surface area contributed by atoms with Gasteiger partial charge in [-0.25, -0.2) is 0 Å². The molecule has 0 saturated carbocycles. The van der Waals surface area contributed by atoms with Gasteiger partial charge >= 0.3 is 0 Å². The molecular weight excluding hydrogens is 224 g/mol. The van der Waals surface area contributed by atoms with E-state index >= 15 is 0 Å². The number of hydrogen-bond acceptors (Lipinski definition) is 3. The summed E-state index contributed by atoms with van der Waals surface area (Å²) in [6, 6.07) is 6.88. The van der Waals surface area contributed by atoms with Crippen molar-refractivity contribution >= 4 is 0 Å². The lowest BCUT2D eigenvalue weighted by molar-refractivity contribution is 0.250. The highest BCUT2D eigenvalue weighted by atomic mass is 16.5. The fourth-order valence-electron chi connectivity index (χ4n) is 2.08. The number of nitrogens with zero attached hydrogens (tertiary/aromatic N) is 1. The van der Waals surface area contributed by atoms with Gasteiger partial charge in [0, 0.05) is 12.6 Å². The highest BCUT2D eigenvalue weighted by molar-refractivity contribution is 5.37. The summed E-state index contributed by atoms with van der Waals surface area (Å²) >= 11 is 0. The van der Waals surface area contributed by atoms with E-state index in [2.05, 4.69) is 37.9 Å². The van der Waals surface area contributed by atoms with E-state index in [-0.39, 0.29) is 0 Å². The summed E-state index contributed by atoms with van der Waals surface area (Å²) in [7, 11) is 3.89. The molecule has 102 valence electrons. The van der Waals surface area contributed by atoms with Crippen molar-refractivity contribution in [1.82, 2.24) is 4.90 Å². The maximum Gasteiger partial charge on any atom is 0.122 e. The summed E-state index contributed by atoms with van der Waals surface area (Å²) in [5.41, 5.74) is 8.16. The van der Waals surface area contributed by atoms with Gasteiger partial charge in [-0.15, -0.1) is 0 Å². The van der Waals surface area contributed by atoms with E-state index < -0.39 is 0 Å². The third kappa shape index (κ3) is 4.31. The molecule has 18 heavy (non-hydrogen) atoms. The van der Waals surface area contributed by atoms with Gasteiger partial charge in [0.25, 0.3) is 0 Å². The van der Waals surface area contributed by atoms with Crippen LogP contribution in [0, 0.1) is 6.92 Å². The first-order valence-corrected chi connectivity index (χ1v) is 6.62. The van der Waals surface area contributed by atoms with E-state index in [1.165, 1.54) is 11.1 Å². The number of hydrogen-bond donors (Lipinski definition) is 1. The lowest BCUT2D eigenvalue weighted by Gasteiger charge is -2.24. The van der Waals surface area contributed by atoms with Crippen molar-refractivity contribution in [3.63, 3.8) is 0 Å². The van der Waals surface area contributed by atoms with Gasteiger partial charge in [-0.05, 0) is 51.9 Å². The SMILES string of the molecule is COc1ccc(C)cc1CCN(C)C(C)CCN. The zero-order valence-electron chi connectivity index (χ0n) is 12.1. The molecule has 1 unspecified atom stereocenters. The first-order valence-electron chi connectivity index (χ1n) is 6.62. The normalized spacial score (nSPS) is 12.8. The van der Waals surface area contributed by atoms with Gasteiger partial charge < -0.3 is 15.4 Å². The van der Waals surface area contributed by atoms with Crippen LogP contribution in [0.3, 0.4) is 0 Å². The molecule has 0 fully saturated rings. The van der Waals surface area contributed by atoms with Crippen LogP contribution in [0.15, 0.2) is 18.2 Å². The molecule has 0 aliphatic heterocycles. The molecule has 0 radical (unpaired) electrons. The van der Waals surface area contributed by atoms with Crippen molar-refractivity contribution in [2.24, 2.45) is 5.73 Å². The van der Waals surface area contributed by atoms with E-state index in [1.54, 1.807) is 7.11 Å². The molecule has 1 aromatic carbocycles. The third-order valence-corrected chi connectivity index (χ3v) is 3.51. The second kappa shape index (κ2) is 7.39. The van der Waals surface area contributed by atoms with Crippen molar-refractivity contribution in [1.29, 1.82) is 0 Å². The maximum atomic E-state index is 5.59. The Hall–Kier alpha value is -1.06. The van der Waals surface area contributed by atoms with Gasteiger partial charge in [0.15, 0.2) is 0 Å². The Kier molecular flexibility index (Phi) is 6.16. The fourth-order valence-corrected chi connectivity index (χ4v) is 2.08. The fraction of sp³-hybridized carbons (Fsp3) is 0.600. The van der Waals surface area contributed by atoms with Gasteiger partial charge in [0.2, 0.25) is 0 Å². The molecule has 0 aliphatic rings. The van der Waals surface area contributed by atoms with Crippen LogP contribution >= 0.6 is 0 Å². The second-order valence-corrected chi connectivity index (χ2v) is 4.97. The summed E-state index contributed by atoms with van der Waals surface area (Å²) in [5.74, 6) is 0.987. The standard InChI is InChI=1S/C15H26N2O/c1-12-5-6-15(18-4)14(11-12)8-10-17(3)13(2)7-9-16/h5-6,11,13H,7-10,16H2,1-4H3. The minimum absolute atomic E-state index is 0.533. The molecule has 2 N–H and O–H groups in total. The summed E-state index contributed by atoms with van der Waals surface area (Å²) in [6.45, 7) is 6.12. The molecule has 1 rings (SSSR count). The largest absolute Gasteiger partial charge is 0.496 e. The molecule has 0 heterocycles. The number of aryl methyl sites for hydroxylation is 1.